The smallest absolute Gasteiger partial charge is 0.0487 e. The maximum atomic E-state index is 5.73. The van der Waals surface area contributed by atoms with E-state index < -0.39 is 0 Å². The van der Waals surface area contributed by atoms with Crippen LogP contribution in [0.25, 0.3) is 10.9 Å². The number of thiocarbonyl (C=S) groups is 1. The van der Waals surface area contributed by atoms with E-state index in [1.807, 2.05) is 0 Å². The van der Waals surface area contributed by atoms with Crippen molar-refractivity contribution in [2.45, 2.75) is 19.9 Å². The molecule has 0 aliphatic heterocycles. The van der Waals surface area contributed by atoms with Gasteiger partial charge in [0, 0.05) is 40.5 Å². The van der Waals surface area contributed by atoms with Crippen molar-refractivity contribution in [1.29, 1.82) is 0 Å². The van der Waals surface area contributed by atoms with Gasteiger partial charge >= 0.3 is 0 Å². The third-order valence-electron chi connectivity index (χ3n) is 2.73. The number of alkyl halides is 1. The van der Waals surface area contributed by atoms with Gasteiger partial charge in [-0.1, -0.05) is 23.8 Å². The summed E-state index contributed by atoms with van der Waals surface area (Å²) in [5.74, 6) is 0.693. The molecule has 3 heteroatoms. The van der Waals surface area contributed by atoms with Crippen molar-refractivity contribution >= 4 is 40.1 Å². The molecule has 0 atom stereocenters. The van der Waals surface area contributed by atoms with Crippen LogP contribution in [-0.2, 0) is 6.54 Å². The highest BCUT2D eigenvalue weighted by atomic mass is 35.5. The van der Waals surface area contributed by atoms with E-state index in [-0.39, 0.29) is 0 Å². The van der Waals surface area contributed by atoms with Gasteiger partial charge in [0.1, 0.15) is 0 Å². The molecule has 84 valence electrons. The van der Waals surface area contributed by atoms with Crippen molar-refractivity contribution in [3.8, 4) is 0 Å². The molecule has 1 aromatic heterocycles. The van der Waals surface area contributed by atoms with E-state index in [1.54, 1.807) is 5.37 Å². The summed E-state index contributed by atoms with van der Waals surface area (Å²) in [6.45, 7) is 3.05. The standard InChI is InChI=1S/C13H14ClNS/c1-10-3-4-13-12(7-10)11(9-16)8-15(13)6-2-5-14/h3-4,7-9H,2,5-6H2,1H3. The molecule has 2 aromatic rings. The van der Waals surface area contributed by atoms with Crippen LogP contribution in [0.2, 0.25) is 0 Å². The summed E-state index contributed by atoms with van der Waals surface area (Å²) >= 11 is 10.8. The van der Waals surface area contributed by atoms with Crippen LogP contribution in [0.5, 0.6) is 0 Å². The van der Waals surface area contributed by atoms with Gasteiger partial charge in [0.2, 0.25) is 0 Å². The topological polar surface area (TPSA) is 4.93 Å². The minimum Gasteiger partial charge on any atom is -0.347 e. The van der Waals surface area contributed by atoms with E-state index in [0.717, 1.165) is 18.5 Å². The van der Waals surface area contributed by atoms with Gasteiger partial charge in [0.15, 0.2) is 0 Å². The first-order valence-electron chi connectivity index (χ1n) is 5.37. The molecule has 0 fully saturated rings. The van der Waals surface area contributed by atoms with E-state index in [1.165, 1.54) is 16.5 Å². The lowest BCUT2D eigenvalue weighted by atomic mass is 10.1. The molecular formula is C13H14ClNS. The van der Waals surface area contributed by atoms with Gasteiger partial charge in [-0.25, -0.2) is 0 Å². The van der Waals surface area contributed by atoms with Crippen molar-refractivity contribution < 1.29 is 0 Å². The first-order chi connectivity index (χ1) is 7.76. The summed E-state index contributed by atoms with van der Waals surface area (Å²) in [5.41, 5.74) is 3.63. The fourth-order valence-electron chi connectivity index (χ4n) is 1.95. The summed E-state index contributed by atoms with van der Waals surface area (Å²) in [4.78, 5) is 0. The second-order valence-electron chi connectivity index (χ2n) is 3.96. The van der Waals surface area contributed by atoms with Crippen LogP contribution in [0.4, 0.5) is 0 Å². The number of hydrogen-bond donors (Lipinski definition) is 0. The number of benzene rings is 1. The van der Waals surface area contributed by atoms with E-state index in [0.29, 0.717) is 5.88 Å². The lowest BCUT2D eigenvalue weighted by Crippen LogP contribution is -1.96. The van der Waals surface area contributed by atoms with Gasteiger partial charge in [-0.05, 0) is 25.5 Å². The minimum absolute atomic E-state index is 0.693. The van der Waals surface area contributed by atoms with Crippen LogP contribution in [0.1, 0.15) is 17.5 Å². The van der Waals surface area contributed by atoms with Gasteiger partial charge in [-0.15, -0.1) is 11.6 Å². The Labute approximate surface area is 106 Å². The lowest BCUT2D eigenvalue weighted by Gasteiger charge is -2.03. The number of aromatic nitrogens is 1. The summed E-state index contributed by atoms with van der Waals surface area (Å²) in [6, 6.07) is 6.47. The van der Waals surface area contributed by atoms with Crippen molar-refractivity contribution in [3.05, 3.63) is 35.5 Å². The molecule has 2 rings (SSSR count). The van der Waals surface area contributed by atoms with Crippen molar-refractivity contribution in [1.82, 2.24) is 4.57 Å². The molecule has 16 heavy (non-hydrogen) atoms. The van der Waals surface area contributed by atoms with Gasteiger partial charge in [-0.2, -0.15) is 0 Å². The van der Waals surface area contributed by atoms with Crippen molar-refractivity contribution in [2.75, 3.05) is 5.88 Å². The number of halogens is 1. The van der Waals surface area contributed by atoms with Crippen LogP contribution in [0.15, 0.2) is 24.4 Å². The molecule has 0 radical (unpaired) electrons. The molecule has 1 aromatic carbocycles. The monoisotopic (exact) mass is 251 g/mol. The number of aryl methyl sites for hydroxylation is 2. The maximum absolute atomic E-state index is 5.73. The molecular weight excluding hydrogens is 238 g/mol. The predicted octanol–water partition coefficient (Wildman–Crippen LogP) is 3.93. The van der Waals surface area contributed by atoms with Crippen molar-refractivity contribution in [3.63, 3.8) is 0 Å². The third kappa shape index (κ3) is 2.13. The quantitative estimate of drug-likeness (QED) is 0.589. The molecule has 1 heterocycles. The Bertz CT molecular complexity index is 516. The largest absolute Gasteiger partial charge is 0.347 e. The molecule has 1 nitrogen and oxygen atoms in total. The first-order valence-corrected chi connectivity index (χ1v) is 6.37. The molecule has 0 spiro atoms. The Morgan fingerprint density at radius 1 is 1.44 bits per heavy atom. The van der Waals surface area contributed by atoms with Gasteiger partial charge in [0.05, 0.1) is 0 Å². The highest BCUT2D eigenvalue weighted by molar-refractivity contribution is 7.79. The zero-order chi connectivity index (χ0) is 11.5. The van der Waals surface area contributed by atoms with E-state index in [9.17, 15) is 0 Å². The molecule has 0 amide bonds. The molecule has 0 saturated carbocycles. The predicted molar refractivity (Wildman–Crippen MR) is 74.8 cm³/mol. The summed E-state index contributed by atoms with van der Waals surface area (Å²) < 4.78 is 2.23. The molecule has 0 aliphatic carbocycles. The number of fused-ring (bicyclic) bond motifs is 1. The van der Waals surface area contributed by atoms with Gasteiger partial charge < -0.3 is 4.57 Å². The van der Waals surface area contributed by atoms with Gasteiger partial charge in [0.25, 0.3) is 0 Å². The average Bonchev–Trinajstić information content (AvgIpc) is 2.63. The molecule has 0 unspecified atom stereocenters. The maximum Gasteiger partial charge on any atom is 0.0487 e. The Morgan fingerprint density at radius 3 is 2.94 bits per heavy atom. The van der Waals surface area contributed by atoms with Crippen molar-refractivity contribution in [2.24, 2.45) is 0 Å². The van der Waals surface area contributed by atoms with Crippen LogP contribution in [-0.4, -0.2) is 15.8 Å². The minimum atomic E-state index is 0.693. The fourth-order valence-corrected chi connectivity index (χ4v) is 2.25. The Morgan fingerprint density at radius 2 is 2.25 bits per heavy atom. The zero-order valence-corrected chi connectivity index (χ0v) is 10.8. The molecule has 0 aliphatic rings. The van der Waals surface area contributed by atoms with Crippen LogP contribution in [0, 0.1) is 6.92 Å². The second-order valence-corrected chi connectivity index (χ2v) is 4.57. The highest BCUT2D eigenvalue weighted by Gasteiger charge is 2.06. The summed E-state index contributed by atoms with van der Waals surface area (Å²) in [5, 5.41) is 2.99. The van der Waals surface area contributed by atoms with E-state index >= 15 is 0 Å². The molecule has 0 N–H and O–H groups in total. The molecule has 0 saturated heterocycles. The van der Waals surface area contributed by atoms with Crippen LogP contribution < -0.4 is 0 Å². The highest BCUT2D eigenvalue weighted by Crippen LogP contribution is 2.22. The number of rotatable bonds is 4. The van der Waals surface area contributed by atoms with E-state index in [4.69, 9.17) is 23.8 Å². The lowest BCUT2D eigenvalue weighted by molar-refractivity contribution is 0.707. The third-order valence-corrected chi connectivity index (χ3v) is 3.25. The Hall–Kier alpha value is -0.860. The number of hydrogen-bond acceptors (Lipinski definition) is 1. The first kappa shape index (κ1) is 11.6. The zero-order valence-electron chi connectivity index (χ0n) is 9.24. The van der Waals surface area contributed by atoms with Gasteiger partial charge in [-0.3, -0.25) is 0 Å². The van der Waals surface area contributed by atoms with E-state index in [2.05, 4.69) is 35.9 Å². The Kier molecular flexibility index (Phi) is 3.62. The summed E-state index contributed by atoms with van der Waals surface area (Å²) in [6.07, 6.45) is 3.10. The van der Waals surface area contributed by atoms with Crippen LogP contribution >= 0.6 is 23.8 Å². The SMILES string of the molecule is Cc1ccc2c(c1)c(C=S)cn2CCCCl. The summed E-state index contributed by atoms with van der Waals surface area (Å²) in [7, 11) is 0. The second kappa shape index (κ2) is 4.98. The average molecular weight is 252 g/mol. The number of nitrogens with zero attached hydrogens (tertiary/aromatic N) is 1. The normalized spacial score (nSPS) is 10.9. The fraction of sp³-hybridized carbons (Fsp3) is 0.308. The Balaban J connectivity index is 2.54. The van der Waals surface area contributed by atoms with Crippen LogP contribution in [0.3, 0.4) is 0 Å². The molecule has 0 bridgehead atoms.